The van der Waals surface area contributed by atoms with E-state index in [4.69, 9.17) is 9.57 Å². The van der Waals surface area contributed by atoms with E-state index in [2.05, 4.69) is 20.2 Å². The van der Waals surface area contributed by atoms with E-state index >= 15 is 0 Å². The van der Waals surface area contributed by atoms with Crippen molar-refractivity contribution in [1.29, 1.82) is 0 Å². The second-order valence-electron chi connectivity index (χ2n) is 5.81. The van der Waals surface area contributed by atoms with Gasteiger partial charge in [0.05, 0.1) is 12.6 Å². The van der Waals surface area contributed by atoms with E-state index in [-0.39, 0.29) is 17.8 Å². The molecule has 1 atom stereocenters. The number of pyridine rings is 1. The van der Waals surface area contributed by atoms with Crippen molar-refractivity contribution in [1.82, 2.24) is 10.3 Å². The summed E-state index contributed by atoms with van der Waals surface area (Å²) >= 11 is 0. The second kappa shape index (κ2) is 10.3. The van der Waals surface area contributed by atoms with Crippen LogP contribution in [-0.4, -0.2) is 35.8 Å². The standard InChI is InChI=1S/C12H15N3O3.C7H5F3O/c1-3-13-12(16)10-5-4-9(7-14-10)17-11-6-8(2)18-15-11;8-7(9,10)11-6-4-2-1-3-5-6/h4-5,7-8H,3,6H2,1-2H3,(H,13,16);1-5H. The number of nitrogens with zero attached hydrogens (tertiary/aromatic N) is 2. The summed E-state index contributed by atoms with van der Waals surface area (Å²) in [5.41, 5.74) is 0.363. The molecule has 1 aliphatic rings. The molecule has 0 radical (unpaired) electrons. The number of hydrogen-bond donors (Lipinski definition) is 1. The molecule has 10 heteroatoms. The van der Waals surface area contributed by atoms with E-state index in [0.717, 1.165) is 0 Å². The summed E-state index contributed by atoms with van der Waals surface area (Å²) in [6.07, 6.45) is -2.42. The molecule has 1 unspecified atom stereocenters. The molecule has 29 heavy (non-hydrogen) atoms. The summed E-state index contributed by atoms with van der Waals surface area (Å²) in [5.74, 6) is 0.675. The van der Waals surface area contributed by atoms with Gasteiger partial charge >= 0.3 is 6.36 Å². The molecule has 0 aliphatic carbocycles. The SMILES string of the molecule is CCNC(=O)c1ccc(OC2=NOC(C)C2)cn1.FC(F)(F)Oc1ccccc1. The Hall–Kier alpha value is -3.30. The third-order valence-corrected chi connectivity index (χ3v) is 3.32. The van der Waals surface area contributed by atoms with Gasteiger partial charge in [-0.25, -0.2) is 4.98 Å². The number of carbonyl (C=O) groups is 1. The second-order valence-corrected chi connectivity index (χ2v) is 5.81. The molecular formula is C19H20F3N3O4. The number of oxime groups is 1. The zero-order valence-corrected chi connectivity index (χ0v) is 15.8. The van der Waals surface area contributed by atoms with E-state index < -0.39 is 6.36 Å². The first-order valence-corrected chi connectivity index (χ1v) is 8.72. The minimum atomic E-state index is -4.60. The summed E-state index contributed by atoms with van der Waals surface area (Å²) in [6, 6.07) is 10.3. The van der Waals surface area contributed by atoms with Crippen molar-refractivity contribution in [2.75, 3.05) is 6.54 Å². The molecule has 1 N–H and O–H groups in total. The van der Waals surface area contributed by atoms with E-state index in [9.17, 15) is 18.0 Å². The number of para-hydroxylation sites is 1. The van der Waals surface area contributed by atoms with Crippen LogP contribution in [-0.2, 0) is 4.84 Å². The van der Waals surface area contributed by atoms with Crippen LogP contribution in [0.3, 0.4) is 0 Å². The van der Waals surface area contributed by atoms with Crippen molar-refractivity contribution >= 4 is 11.8 Å². The number of halogens is 3. The molecule has 1 amide bonds. The van der Waals surface area contributed by atoms with Crippen LogP contribution in [0.5, 0.6) is 11.5 Å². The van der Waals surface area contributed by atoms with Crippen LogP contribution >= 0.6 is 0 Å². The molecule has 0 spiro atoms. The number of benzene rings is 1. The van der Waals surface area contributed by atoms with Crippen molar-refractivity contribution in [2.45, 2.75) is 32.7 Å². The maximum Gasteiger partial charge on any atom is 0.573 e. The molecule has 0 fully saturated rings. The van der Waals surface area contributed by atoms with Crippen molar-refractivity contribution < 1.29 is 32.3 Å². The molecule has 3 rings (SSSR count). The summed E-state index contributed by atoms with van der Waals surface area (Å²) in [4.78, 5) is 20.5. The first-order chi connectivity index (χ1) is 13.8. The number of nitrogens with one attached hydrogen (secondary N) is 1. The molecule has 2 aromatic rings. The fourth-order valence-electron chi connectivity index (χ4n) is 2.11. The van der Waals surface area contributed by atoms with Crippen molar-refractivity contribution in [3.8, 4) is 11.5 Å². The normalized spacial score (nSPS) is 15.3. The number of rotatable bonds is 4. The molecule has 1 aromatic carbocycles. The van der Waals surface area contributed by atoms with Gasteiger partial charge in [0, 0.05) is 6.54 Å². The van der Waals surface area contributed by atoms with Gasteiger partial charge in [-0.2, -0.15) is 0 Å². The third kappa shape index (κ3) is 8.08. The first-order valence-electron chi connectivity index (χ1n) is 8.72. The highest BCUT2D eigenvalue weighted by Crippen LogP contribution is 2.21. The van der Waals surface area contributed by atoms with Crippen LogP contribution in [0.2, 0.25) is 0 Å². The Morgan fingerprint density at radius 2 is 1.93 bits per heavy atom. The Morgan fingerprint density at radius 3 is 2.45 bits per heavy atom. The van der Waals surface area contributed by atoms with E-state index in [0.29, 0.717) is 30.3 Å². The molecule has 0 bridgehead atoms. The maximum atomic E-state index is 11.5. The summed E-state index contributed by atoms with van der Waals surface area (Å²) in [5, 5.41) is 6.46. The highest BCUT2D eigenvalue weighted by atomic mass is 19.4. The van der Waals surface area contributed by atoms with Crippen LogP contribution in [0.15, 0.2) is 53.8 Å². The zero-order chi connectivity index (χ0) is 21.3. The Kier molecular flexibility index (Phi) is 7.81. The number of alkyl halides is 3. The van der Waals surface area contributed by atoms with Gasteiger partial charge < -0.3 is 19.6 Å². The number of carbonyl (C=O) groups excluding carboxylic acids is 1. The number of ether oxygens (including phenoxy) is 2. The van der Waals surface area contributed by atoms with Gasteiger partial charge in [0.2, 0.25) is 5.90 Å². The fourth-order valence-corrected chi connectivity index (χ4v) is 2.11. The quantitative estimate of drug-likeness (QED) is 0.825. The van der Waals surface area contributed by atoms with Crippen LogP contribution in [0.25, 0.3) is 0 Å². The first kappa shape index (κ1) is 22.0. The average Bonchev–Trinajstić information content (AvgIpc) is 3.07. The van der Waals surface area contributed by atoms with Gasteiger partial charge in [0.1, 0.15) is 23.3 Å². The van der Waals surface area contributed by atoms with Gasteiger partial charge in [-0.05, 0) is 38.1 Å². The number of hydrogen-bond acceptors (Lipinski definition) is 6. The van der Waals surface area contributed by atoms with Crippen molar-refractivity contribution in [2.24, 2.45) is 5.16 Å². The molecule has 1 aromatic heterocycles. The minimum Gasteiger partial charge on any atom is -0.438 e. The van der Waals surface area contributed by atoms with Gasteiger partial charge in [0.15, 0.2) is 0 Å². The molecule has 0 saturated heterocycles. The van der Waals surface area contributed by atoms with Gasteiger partial charge in [0.25, 0.3) is 5.91 Å². The lowest BCUT2D eigenvalue weighted by atomic mass is 10.3. The zero-order valence-electron chi connectivity index (χ0n) is 15.8. The fraction of sp³-hybridized carbons (Fsp3) is 0.316. The van der Waals surface area contributed by atoms with Crippen LogP contribution < -0.4 is 14.8 Å². The third-order valence-electron chi connectivity index (χ3n) is 3.32. The Bertz CT molecular complexity index is 812. The summed E-state index contributed by atoms with van der Waals surface area (Å²) in [7, 11) is 0. The molecule has 1 aliphatic heterocycles. The smallest absolute Gasteiger partial charge is 0.438 e. The van der Waals surface area contributed by atoms with Crippen LogP contribution in [0.4, 0.5) is 13.2 Å². The monoisotopic (exact) mass is 411 g/mol. The van der Waals surface area contributed by atoms with Crippen LogP contribution in [0.1, 0.15) is 30.8 Å². The highest BCUT2D eigenvalue weighted by molar-refractivity contribution is 5.92. The van der Waals surface area contributed by atoms with E-state index in [1.807, 2.05) is 13.8 Å². The Morgan fingerprint density at radius 1 is 1.21 bits per heavy atom. The number of amides is 1. The predicted octanol–water partition coefficient (Wildman–Crippen LogP) is 3.92. The number of aromatic nitrogens is 1. The molecule has 7 nitrogen and oxygen atoms in total. The highest BCUT2D eigenvalue weighted by Gasteiger charge is 2.30. The van der Waals surface area contributed by atoms with Gasteiger partial charge in [-0.3, -0.25) is 4.79 Å². The Balaban J connectivity index is 0.000000234. The summed E-state index contributed by atoms with van der Waals surface area (Å²) < 4.78 is 43.6. The van der Waals surface area contributed by atoms with Crippen molar-refractivity contribution in [3.05, 3.63) is 54.4 Å². The molecular weight excluding hydrogens is 391 g/mol. The maximum absolute atomic E-state index is 11.5. The van der Waals surface area contributed by atoms with Gasteiger partial charge in [-0.1, -0.05) is 23.4 Å². The lowest BCUT2D eigenvalue weighted by Gasteiger charge is -2.07. The molecule has 0 saturated carbocycles. The van der Waals surface area contributed by atoms with Crippen molar-refractivity contribution in [3.63, 3.8) is 0 Å². The lowest BCUT2D eigenvalue weighted by Crippen LogP contribution is -2.23. The Labute approximate surface area is 165 Å². The predicted molar refractivity (Wildman–Crippen MR) is 98.6 cm³/mol. The topological polar surface area (TPSA) is 82.0 Å². The lowest BCUT2D eigenvalue weighted by molar-refractivity contribution is -0.274. The van der Waals surface area contributed by atoms with Crippen LogP contribution in [0, 0.1) is 0 Å². The van der Waals surface area contributed by atoms with Gasteiger partial charge in [-0.15, -0.1) is 13.2 Å². The largest absolute Gasteiger partial charge is 0.573 e. The average molecular weight is 411 g/mol. The summed E-state index contributed by atoms with van der Waals surface area (Å²) in [6.45, 7) is 4.34. The van der Waals surface area contributed by atoms with E-state index in [1.54, 1.807) is 18.2 Å². The van der Waals surface area contributed by atoms with E-state index in [1.165, 1.54) is 30.5 Å². The minimum absolute atomic E-state index is 0.0440. The molecule has 2 heterocycles. The molecule has 156 valence electrons.